The average Bonchev–Trinajstić information content (AvgIpc) is 2.61. The van der Waals surface area contributed by atoms with Crippen molar-refractivity contribution >= 4 is 21.9 Å². The maximum Gasteiger partial charge on any atom is 0.204 e. The summed E-state index contributed by atoms with van der Waals surface area (Å²) in [7, 11) is 0. The SMILES string of the molecule is CC(C)=CCOc1cc(O)c2c(=O)c3cc(OCC=C(C)C)c(O)cc3oc2c1. The molecule has 1 heterocycles. The first kappa shape index (κ1) is 20.3. The maximum atomic E-state index is 12.9. The summed E-state index contributed by atoms with van der Waals surface area (Å²) in [6.07, 6.45) is 3.75. The predicted molar refractivity (Wildman–Crippen MR) is 113 cm³/mol. The molecule has 0 atom stereocenters. The van der Waals surface area contributed by atoms with Crippen LogP contribution in [-0.2, 0) is 0 Å². The molecule has 0 aliphatic carbocycles. The lowest BCUT2D eigenvalue weighted by molar-refractivity contribution is 0.336. The van der Waals surface area contributed by atoms with Gasteiger partial charge in [-0.3, -0.25) is 4.79 Å². The van der Waals surface area contributed by atoms with Gasteiger partial charge in [0.15, 0.2) is 11.5 Å². The molecule has 6 heteroatoms. The number of phenolic OH excluding ortho intramolecular Hbond substituents is 2. The Kier molecular flexibility index (Phi) is 5.82. The molecule has 3 aromatic rings. The first-order valence-electron chi connectivity index (χ1n) is 9.25. The second-order valence-electron chi connectivity index (χ2n) is 7.25. The second-order valence-corrected chi connectivity index (χ2v) is 7.25. The van der Waals surface area contributed by atoms with E-state index in [1.807, 2.05) is 39.8 Å². The van der Waals surface area contributed by atoms with Crippen molar-refractivity contribution in [1.82, 2.24) is 0 Å². The van der Waals surface area contributed by atoms with E-state index in [0.29, 0.717) is 12.4 Å². The minimum absolute atomic E-state index is 0.0491. The average molecular weight is 396 g/mol. The van der Waals surface area contributed by atoms with Crippen LogP contribution in [0, 0.1) is 0 Å². The van der Waals surface area contributed by atoms with Gasteiger partial charge in [0.25, 0.3) is 0 Å². The maximum absolute atomic E-state index is 12.9. The molecule has 3 rings (SSSR count). The van der Waals surface area contributed by atoms with Crippen LogP contribution < -0.4 is 14.9 Å². The first-order chi connectivity index (χ1) is 13.8. The van der Waals surface area contributed by atoms with Gasteiger partial charge in [0, 0.05) is 18.2 Å². The molecule has 152 valence electrons. The molecule has 29 heavy (non-hydrogen) atoms. The van der Waals surface area contributed by atoms with Gasteiger partial charge in [-0.15, -0.1) is 0 Å². The number of rotatable bonds is 6. The zero-order valence-corrected chi connectivity index (χ0v) is 16.9. The molecule has 0 unspecified atom stereocenters. The summed E-state index contributed by atoms with van der Waals surface area (Å²) in [6, 6.07) is 5.69. The van der Waals surface area contributed by atoms with Gasteiger partial charge in [-0.2, -0.15) is 0 Å². The van der Waals surface area contributed by atoms with E-state index in [4.69, 9.17) is 13.9 Å². The molecule has 0 saturated carbocycles. The van der Waals surface area contributed by atoms with E-state index in [1.165, 1.54) is 18.2 Å². The summed E-state index contributed by atoms with van der Waals surface area (Å²) in [5.74, 6) is 0.177. The second kappa shape index (κ2) is 8.31. The van der Waals surface area contributed by atoms with Gasteiger partial charge in [-0.25, -0.2) is 0 Å². The van der Waals surface area contributed by atoms with E-state index in [9.17, 15) is 15.0 Å². The Morgan fingerprint density at radius 2 is 1.55 bits per heavy atom. The predicted octanol–water partition coefficient (Wildman–Crippen LogP) is 5.05. The molecule has 2 N–H and O–H groups in total. The van der Waals surface area contributed by atoms with E-state index in [0.717, 1.165) is 11.1 Å². The lowest BCUT2D eigenvalue weighted by Crippen LogP contribution is -2.04. The van der Waals surface area contributed by atoms with Crippen LogP contribution in [0.4, 0.5) is 0 Å². The Bertz CT molecular complexity index is 1180. The number of hydrogen-bond acceptors (Lipinski definition) is 6. The van der Waals surface area contributed by atoms with Gasteiger partial charge in [-0.05, 0) is 45.9 Å². The number of allylic oxidation sites excluding steroid dienone is 2. The standard InChI is InChI=1S/C23H24O6/c1-13(2)5-7-27-15-9-18(25)22-21(10-15)29-19-12-17(24)20(11-16(19)23(22)26)28-8-6-14(3)4/h5-6,9-12,24-25H,7-8H2,1-4H3. The van der Waals surface area contributed by atoms with Crippen molar-refractivity contribution < 1.29 is 24.1 Å². The minimum Gasteiger partial charge on any atom is -0.507 e. The Morgan fingerprint density at radius 1 is 0.897 bits per heavy atom. The van der Waals surface area contributed by atoms with E-state index in [1.54, 1.807) is 6.07 Å². The summed E-state index contributed by atoms with van der Waals surface area (Å²) < 4.78 is 16.9. The van der Waals surface area contributed by atoms with Crippen molar-refractivity contribution in [2.75, 3.05) is 13.2 Å². The summed E-state index contributed by atoms with van der Waals surface area (Å²) in [4.78, 5) is 12.9. The van der Waals surface area contributed by atoms with Gasteiger partial charge in [0.2, 0.25) is 5.43 Å². The molecule has 0 amide bonds. The van der Waals surface area contributed by atoms with Crippen LogP contribution >= 0.6 is 0 Å². The number of benzene rings is 2. The molecule has 0 fully saturated rings. The van der Waals surface area contributed by atoms with Crippen molar-refractivity contribution in [1.29, 1.82) is 0 Å². The van der Waals surface area contributed by atoms with E-state index < -0.39 is 5.43 Å². The molecule has 6 nitrogen and oxygen atoms in total. The number of ether oxygens (including phenoxy) is 2. The fraction of sp³-hybridized carbons (Fsp3) is 0.261. The normalized spacial score (nSPS) is 10.8. The first-order valence-corrected chi connectivity index (χ1v) is 9.25. The van der Waals surface area contributed by atoms with Crippen molar-refractivity contribution in [3.63, 3.8) is 0 Å². The molecule has 0 saturated heterocycles. The summed E-state index contributed by atoms with van der Waals surface area (Å²) in [5.41, 5.74) is 2.12. The number of hydrogen-bond donors (Lipinski definition) is 2. The molecule has 0 bridgehead atoms. The van der Waals surface area contributed by atoms with E-state index in [2.05, 4.69) is 0 Å². The third-order valence-electron chi connectivity index (χ3n) is 4.28. The third-order valence-corrected chi connectivity index (χ3v) is 4.28. The van der Waals surface area contributed by atoms with Gasteiger partial charge < -0.3 is 24.1 Å². The highest BCUT2D eigenvalue weighted by Crippen LogP contribution is 2.35. The summed E-state index contributed by atoms with van der Waals surface area (Å²) in [6.45, 7) is 8.37. The lowest BCUT2D eigenvalue weighted by atomic mass is 10.1. The van der Waals surface area contributed by atoms with Crippen molar-refractivity contribution in [3.05, 3.63) is 57.8 Å². The molecular formula is C23H24O6. The van der Waals surface area contributed by atoms with Crippen LogP contribution in [0.15, 0.2) is 56.8 Å². The summed E-state index contributed by atoms with van der Waals surface area (Å²) in [5, 5.41) is 20.9. The van der Waals surface area contributed by atoms with E-state index >= 15 is 0 Å². The zero-order chi connectivity index (χ0) is 21.1. The van der Waals surface area contributed by atoms with Crippen LogP contribution in [0.3, 0.4) is 0 Å². The van der Waals surface area contributed by atoms with Gasteiger partial charge in [0.1, 0.15) is 41.3 Å². The molecule has 1 aromatic heterocycles. The van der Waals surface area contributed by atoms with Gasteiger partial charge in [0.05, 0.1) is 5.39 Å². The van der Waals surface area contributed by atoms with Crippen molar-refractivity contribution in [2.24, 2.45) is 0 Å². The highest BCUT2D eigenvalue weighted by atomic mass is 16.5. The Morgan fingerprint density at radius 3 is 2.21 bits per heavy atom. The quantitative estimate of drug-likeness (QED) is 0.448. The molecular weight excluding hydrogens is 372 g/mol. The Labute approximate surface area is 168 Å². The smallest absolute Gasteiger partial charge is 0.204 e. The fourth-order valence-electron chi connectivity index (χ4n) is 2.75. The van der Waals surface area contributed by atoms with Crippen LogP contribution in [-0.4, -0.2) is 23.4 Å². The van der Waals surface area contributed by atoms with Crippen LogP contribution in [0.25, 0.3) is 21.9 Å². The molecule has 0 aliphatic rings. The third kappa shape index (κ3) is 4.54. The largest absolute Gasteiger partial charge is 0.507 e. The lowest BCUT2D eigenvalue weighted by Gasteiger charge is -2.10. The van der Waals surface area contributed by atoms with Gasteiger partial charge >= 0.3 is 0 Å². The zero-order valence-electron chi connectivity index (χ0n) is 16.9. The van der Waals surface area contributed by atoms with Crippen LogP contribution in [0.5, 0.6) is 23.0 Å². The van der Waals surface area contributed by atoms with Crippen molar-refractivity contribution in [2.45, 2.75) is 27.7 Å². The highest BCUT2D eigenvalue weighted by Gasteiger charge is 2.16. The number of fused-ring (bicyclic) bond motifs is 2. The fourth-order valence-corrected chi connectivity index (χ4v) is 2.75. The van der Waals surface area contributed by atoms with Gasteiger partial charge in [-0.1, -0.05) is 11.1 Å². The molecule has 2 aromatic carbocycles. The van der Waals surface area contributed by atoms with Crippen molar-refractivity contribution in [3.8, 4) is 23.0 Å². The molecule has 0 spiro atoms. The van der Waals surface area contributed by atoms with E-state index in [-0.39, 0.29) is 45.8 Å². The Balaban J connectivity index is 2.07. The molecule has 0 aliphatic heterocycles. The monoisotopic (exact) mass is 396 g/mol. The Hall–Kier alpha value is -3.41. The topological polar surface area (TPSA) is 89.1 Å². The number of aromatic hydroxyl groups is 2. The summed E-state index contributed by atoms with van der Waals surface area (Å²) >= 11 is 0. The van der Waals surface area contributed by atoms with Crippen LogP contribution in [0.2, 0.25) is 0 Å². The van der Waals surface area contributed by atoms with Crippen LogP contribution in [0.1, 0.15) is 27.7 Å². The number of phenols is 2. The minimum atomic E-state index is -0.415. The highest BCUT2D eigenvalue weighted by molar-refractivity contribution is 5.94. The molecule has 0 radical (unpaired) electrons.